The van der Waals surface area contributed by atoms with Gasteiger partial charge in [0.1, 0.15) is 5.82 Å². The first-order valence-electron chi connectivity index (χ1n) is 5.48. The van der Waals surface area contributed by atoms with Crippen molar-refractivity contribution in [1.82, 2.24) is 14.9 Å². The average Bonchev–Trinajstić information content (AvgIpc) is 2.76. The maximum atomic E-state index is 11.7. The molecule has 0 bridgehead atoms. The molecule has 2 rings (SSSR count). The number of rotatable bonds is 4. The number of nitrogens with zero attached hydrogens (tertiary/aromatic N) is 3. The monoisotopic (exact) mass is 295 g/mol. The van der Waals surface area contributed by atoms with Crippen molar-refractivity contribution in [3.05, 3.63) is 24.3 Å². The molecule has 20 heavy (non-hydrogen) atoms. The van der Waals surface area contributed by atoms with Gasteiger partial charge in [0.25, 0.3) is 0 Å². The zero-order valence-corrected chi connectivity index (χ0v) is 11.3. The molecule has 9 nitrogen and oxygen atoms in total. The minimum absolute atomic E-state index is 0.0876. The first-order valence-corrected chi connectivity index (χ1v) is 6.97. The number of aromatic amines is 1. The highest BCUT2D eigenvalue weighted by Crippen LogP contribution is 2.28. The van der Waals surface area contributed by atoms with Gasteiger partial charge in [0.15, 0.2) is 11.5 Å². The van der Waals surface area contributed by atoms with E-state index in [1.807, 2.05) is 0 Å². The Balaban J connectivity index is 2.34. The van der Waals surface area contributed by atoms with Crippen molar-refractivity contribution in [2.75, 3.05) is 18.5 Å². The number of azo groups is 1. The number of hydrogen-bond donors (Lipinski definition) is 4. The Morgan fingerprint density at radius 2 is 2.05 bits per heavy atom. The predicted octanol–water partition coefficient (Wildman–Crippen LogP) is 0.898. The lowest BCUT2D eigenvalue weighted by molar-refractivity contribution is 0.588. The van der Waals surface area contributed by atoms with Crippen LogP contribution in [0.1, 0.15) is 0 Å². The third-order valence-corrected chi connectivity index (χ3v) is 3.87. The Hall–Kier alpha value is -2.46. The Kier molecular flexibility index (Phi) is 3.68. The molecule has 6 N–H and O–H groups in total. The molecule has 10 heteroatoms. The molecule has 0 saturated carbocycles. The summed E-state index contributed by atoms with van der Waals surface area (Å²) < 4.78 is 25.5. The molecule has 0 radical (unpaired) electrons. The number of anilines is 2. The van der Waals surface area contributed by atoms with Crippen LogP contribution in [0.2, 0.25) is 0 Å². The smallest absolute Gasteiger partial charge is 0.240 e. The van der Waals surface area contributed by atoms with Gasteiger partial charge >= 0.3 is 0 Å². The highest BCUT2D eigenvalue weighted by Gasteiger charge is 2.11. The second-order valence-corrected chi connectivity index (χ2v) is 5.66. The molecule has 0 atom stereocenters. The van der Waals surface area contributed by atoms with Crippen molar-refractivity contribution in [2.24, 2.45) is 10.2 Å². The molecule has 0 spiro atoms. The normalized spacial score (nSPS) is 12.1. The Labute approximate surface area is 115 Å². The summed E-state index contributed by atoms with van der Waals surface area (Å²) in [7, 11) is -2.20. The van der Waals surface area contributed by atoms with Gasteiger partial charge in [-0.2, -0.15) is 10.2 Å². The summed E-state index contributed by atoms with van der Waals surface area (Å²) in [6, 6.07) is 5.98. The highest BCUT2D eigenvalue weighted by molar-refractivity contribution is 7.89. The molecule has 0 aliphatic heterocycles. The summed E-state index contributed by atoms with van der Waals surface area (Å²) >= 11 is 0. The zero-order valence-electron chi connectivity index (χ0n) is 10.5. The third-order valence-electron chi connectivity index (χ3n) is 2.46. The van der Waals surface area contributed by atoms with Crippen molar-refractivity contribution in [1.29, 1.82) is 0 Å². The van der Waals surface area contributed by atoms with E-state index in [1.54, 1.807) is 12.1 Å². The van der Waals surface area contributed by atoms with Gasteiger partial charge in [0.05, 0.1) is 10.6 Å². The standard InChI is InChI=1S/C10H13N7O2S/c1-13-20(18,19)7-4-2-3-6(5-7)14-15-8-9(11)16-17-10(8)12/h2-5,13H,1H3,(H5,11,12,16,17). The van der Waals surface area contributed by atoms with Gasteiger partial charge in [-0.25, -0.2) is 13.1 Å². The maximum absolute atomic E-state index is 11.7. The Bertz CT molecular complexity index is 731. The number of H-pyrrole nitrogens is 1. The lowest BCUT2D eigenvalue weighted by Gasteiger charge is -2.02. The van der Waals surface area contributed by atoms with E-state index in [1.165, 1.54) is 19.2 Å². The molecule has 0 unspecified atom stereocenters. The molecular weight excluding hydrogens is 282 g/mol. The summed E-state index contributed by atoms with van der Waals surface area (Å²) in [5, 5.41) is 13.9. The molecule has 1 aromatic carbocycles. The molecule has 0 aliphatic carbocycles. The molecule has 1 heterocycles. The van der Waals surface area contributed by atoms with Crippen LogP contribution in [0.25, 0.3) is 0 Å². The van der Waals surface area contributed by atoms with Crippen LogP contribution in [0, 0.1) is 0 Å². The van der Waals surface area contributed by atoms with Gasteiger partial charge in [-0.1, -0.05) is 6.07 Å². The summed E-state index contributed by atoms with van der Waals surface area (Å²) in [4.78, 5) is 0.0876. The van der Waals surface area contributed by atoms with Crippen molar-refractivity contribution in [2.45, 2.75) is 4.90 Å². The minimum atomic E-state index is -3.53. The van der Waals surface area contributed by atoms with E-state index >= 15 is 0 Å². The fourth-order valence-electron chi connectivity index (χ4n) is 1.41. The van der Waals surface area contributed by atoms with E-state index < -0.39 is 10.0 Å². The van der Waals surface area contributed by atoms with Crippen molar-refractivity contribution in [3.63, 3.8) is 0 Å². The lowest BCUT2D eigenvalue weighted by atomic mass is 10.3. The Morgan fingerprint density at radius 1 is 1.30 bits per heavy atom. The second-order valence-electron chi connectivity index (χ2n) is 3.78. The molecule has 1 aromatic heterocycles. The number of nitrogen functional groups attached to an aromatic ring is 2. The van der Waals surface area contributed by atoms with Gasteiger partial charge in [-0.15, -0.1) is 5.11 Å². The fraction of sp³-hybridized carbons (Fsp3) is 0.100. The predicted molar refractivity (Wildman–Crippen MR) is 74.3 cm³/mol. The quantitative estimate of drug-likeness (QED) is 0.617. The summed E-state index contributed by atoms with van der Waals surface area (Å²) in [6.45, 7) is 0. The van der Waals surface area contributed by atoms with Crippen molar-refractivity contribution in [3.8, 4) is 0 Å². The topological polar surface area (TPSA) is 152 Å². The first kappa shape index (κ1) is 14.0. The van der Waals surface area contributed by atoms with E-state index in [2.05, 4.69) is 25.1 Å². The number of sulfonamides is 1. The second kappa shape index (κ2) is 5.27. The molecular formula is C10H13N7O2S. The summed E-state index contributed by atoms with van der Waals surface area (Å²) in [6.07, 6.45) is 0. The lowest BCUT2D eigenvalue weighted by Crippen LogP contribution is -2.18. The summed E-state index contributed by atoms with van der Waals surface area (Å²) in [5.74, 6) is 0.301. The first-order chi connectivity index (χ1) is 9.44. The minimum Gasteiger partial charge on any atom is -0.382 e. The van der Waals surface area contributed by atoms with Gasteiger partial charge in [-0.3, -0.25) is 5.10 Å². The van der Waals surface area contributed by atoms with Crippen LogP contribution in [-0.2, 0) is 10.0 Å². The summed E-state index contributed by atoms with van der Waals surface area (Å²) in [5.41, 5.74) is 11.7. The van der Waals surface area contributed by atoms with E-state index in [4.69, 9.17) is 11.5 Å². The van der Waals surface area contributed by atoms with E-state index in [0.29, 0.717) is 5.69 Å². The zero-order chi connectivity index (χ0) is 14.8. The van der Waals surface area contributed by atoms with Gasteiger partial charge in [0.2, 0.25) is 10.0 Å². The molecule has 0 amide bonds. The molecule has 0 aliphatic rings. The van der Waals surface area contributed by atoms with Crippen molar-refractivity contribution < 1.29 is 8.42 Å². The van der Waals surface area contributed by atoms with Crippen LogP contribution >= 0.6 is 0 Å². The number of hydrogen-bond acceptors (Lipinski definition) is 7. The third kappa shape index (κ3) is 2.75. The van der Waals surface area contributed by atoms with Crippen LogP contribution < -0.4 is 16.2 Å². The van der Waals surface area contributed by atoms with Crippen LogP contribution in [0.5, 0.6) is 0 Å². The SMILES string of the molecule is CNS(=O)(=O)c1cccc(N=Nc2c(N)n[nH]c2N)c1. The number of nitrogens with two attached hydrogens (primary N) is 2. The van der Waals surface area contributed by atoms with E-state index in [-0.39, 0.29) is 22.2 Å². The van der Waals surface area contributed by atoms with Crippen LogP contribution in [-0.4, -0.2) is 25.7 Å². The van der Waals surface area contributed by atoms with Crippen LogP contribution in [0.4, 0.5) is 23.0 Å². The molecule has 0 fully saturated rings. The number of aromatic nitrogens is 2. The average molecular weight is 295 g/mol. The molecule has 106 valence electrons. The Morgan fingerprint density at radius 3 is 2.65 bits per heavy atom. The van der Waals surface area contributed by atoms with E-state index in [0.717, 1.165) is 0 Å². The number of benzene rings is 1. The highest BCUT2D eigenvalue weighted by atomic mass is 32.2. The molecule has 2 aromatic rings. The van der Waals surface area contributed by atoms with Gasteiger partial charge in [0, 0.05) is 0 Å². The van der Waals surface area contributed by atoms with Gasteiger partial charge in [-0.05, 0) is 25.2 Å². The number of nitrogens with one attached hydrogen (secondary N) is 2. The van der Waals surface area contributed by atoms with Crippen LogP contribution in [0.3, 0.4) is 0 Å². The van der Waals surface area contributed by atoms with Crippen molar-refractivity contribution >= 4 is 33.0 Å². The van der Waals surface area contributed by atoms with Crippen LogP contribution in [0.15, 0.2) is 39.4 Å². The van der Waals surface area contributed by atoms with E-state index in [9.17, 15) is 8.42 Å². The van der Waals surface area contributed by atoms with Gasteiger partial charge < -0.3 is 11.5 Å². The largest absolute Gasteiger partial charge is 0.382 e. The fourth-order valence-corrected chi connectivity index (χ4v) is 2.18. The maximum Gasteiger partial charge on any atom is 0.240 e. The molecule has 0 saturated heterocycles.